The van der Waals surface area contributed by atoms with Crippen LogP contribution < -0.4 is 4.90 Å². The average molecular weight is 264 g/mol. The summed E-state index contributed by atoms with van der Waals surface area (Å²) in [6, 6.07) is 14.5. The van der Waals surface area contributed by atoms with E-state index >= 15 is 0 Å². The molecule has 4 heteroatoms. The molecule has 0 amide bonds. The number of nitrogens with zero attached hydrogens (tertiary/aromatic N) is 4. The van der Waals surface area contributed by atoms with E-state index in [9.17, 15) is 5.26 Å². The van der Waals surface area contributed by atoms with Gasteiger partial charge in [-0.15, -0.1) is 0 Å². The molecule has 0 bridgehead atoms. The Kier molecular flexibility index (Phi) is 3.34. The first kappa shape index (κ1) is 12.6. The molecule has 4 nitrogen and oxygen atoms in total. The summed E-state index contributed by atoms with van der Waals surface area (Å²) in [4.78, 5) is 10.7. The van der Waals surface area contributed by atoms with Gasteiger partial charge in [0.15, 0.2) is 0 Å². The first-order valence-electron chi connectivity index (χ1n) is 6.83. The minimum absolute atomic E-state index is 0.369. The zero-order chi connectivity index (χ0) is 13.8. The average Bonchev–Trinajstić information content (AvgIpc) is 2.56. The predicted octanol–water partition coefficient (Wildman–Crippen LogP) is 2.54. The van der Waals surface area contributed by atoms with Gasteiger partial charge in [0, 0.05) is 25.5 Å². The van der Waals surface area contributed by atoms with Crippen molar-refractivity contribution < 1.29 is 0 Å². The molecule has 1 aromatic heterocycles. The van der Waals surface area contributed by atoms with Crippen LogP contribution in [0.1, 0.15) is 18.4 Å². The van der Waals surface area contributed by atoms with Crippen molar-refractivity contribution in [3.8, 4) is 6.07 Å². The molecule has 0 N–H and O–H groups in total. The summed E-state index contributed by atoms with van der Waals surface area (Å²) in [7, 11) is 0. The lowest BCUT2D eigenvalue weighted by Crippen LogP contribution is -2.42. The topological polar surface area (TPSA) is 52.8 Å². The van der Waals surface area contributed by atoms with Gasteiger partial charge in [0.25, 0.3) is 0 Å². The van der Waals surface area contributed by atoms with Gasteiger partial charge in [0.1, 0.15) is 0 Å². The summed E-state index contributed by atoms with van der Waals surface area (Å²) in [5.41, 5.74) is 0.753. The van der Waals surface area contributed by atoms with Crippen LogP contribution in [0.5, 0.6) is 0 Å². The van der Waals surface area contributed by atoms with Crippen molar-refractivity contribution in [2.75, 3.05) is 18.0 Å². The third kappa shape index (κ3) is 2.23. The monoisotopic (exact) mass is 264 g/mol. The molecule has 20 heavy (non-hydrogen) atoms. The molecular formula is C16H16N4. The van der Waals surface area contributed by atoms with E-state index in [0.29, 0.717) is 0 Å². The molecule has 1 aromatic carbocycles. The fourth-order valence-corrected chi connectivity index (χ4v) is 2.77. The number of hydrogen-bond donors (Lipinski definition) is 0. The molecule has 0 radical (unpaired) electrons. The van der Waals surface area contributed by atoms with Crippen LogP contribution in [-0.2, 0) is 5.41 Å². The van der Waals surface area contributed by atoms with E-state index in [4.69, 9.17) is 0 Å². The highest BCUT2D eigenvalue weighted by Gasteiger charge is 2.36. The minimum Gasteiger partial charge on any atom is -0.341 e. The van der Waals surface area contributed by atoms with Crippen molar-refractivity contribution in [3.63, 3.8) is 0 Å². The van der Waals surface area contributed by atoms with Gasteiger partial charge in [-0.25, -0.2) is 9.97 Å². The fraction of sp³-hybridized carbons (Fsp3) is 0.312. The Morgan fingerprint density at radius 3 is 2.25 bits per heavy atom. The first-order valence-corrected chi connectivity index (χ1v) is 6.83. The second-order valence-electron chi connectivity index (χ2n) is 5.10. The van der Waals surface area contributed by atoms with Crippen LogP contribution in [0, 0.1) is 11.3 Å². The van der Waals surface area contributed by atoms with Crippen molar-refractivity contribution in [1.29, 1.82) is 5.26 Å². The molecule has 1 saturated heterocycles. The maximum Gasteiger partial charge on any atom is 0.225 e. The number of anilines is 1. The highest BCUT2D eigenvalue weighted by Crippen LogP contribution is 2.35. The van der Waals surface area contributed by atoms with E-state index in [1.165, 1.54) is 0 Å². The summed E-state index contributed by atoms with van der Waals surface area (Å²) in [5.74, 6) is 0.757. The largest absolute Gasteiger partial charge is 0.341 e. The SMILES string of the molecule is N#CC1(c2ccccc2)CCN(c2ncccn2)CC1. The van der Waals surface area contributed by atoms with Gasteiger partial charge in [-0.2, -0.15) is 5.26 Å². The first-order chi connectivity index (χ1) is 9.84. The summed E-state index contributed by atoms with van der Waals surface area (Å²) < 4.78 is 0. The Hall–Kier alpha value is -2.41. The Balaban J connectivity index is 1.79. The number of rotatable bonds is 2. The minimum atomic E-state index is -0.369. The quantitative estimate of drug-likeness (QED) is 0.836. The molecule has 100 valence electrons. The van der Waals surface area contributed by atoms with Crippen LogP contribution in [0.25, 0.3) is 0 Å². The highest BCUT2D eigenvalue weighted by atomic mass is 15.2. The van der Waals surface area contributed by atoms with E-state index in [1.807, 2.05) is 24.3 Å². The second-order valence-corrected chi connectivity index (χ2v) is 5.10. The smallest absolute Gasteiger partial charge is 0.225 e. The lowest BCUT2D eigenvalue weighted by Gasteiger charge is -2.37. The summed E-state index contributed by atoms with van der Waals surface area (Å²) >= 11 is 0. The van der Waals surface area contributed by atoms with E-state index in [2.05, 4.69) is 33.1 Å². The normalized spacial score (nSPS) is 17.4. The number of nitriles is 1. The number of piperidine rings is 1. The lowest BCUT2D eigenvalue weighted by atomic mass is 9.74. The Morgan fingerprint density at radius 2 is 1.65 bits per heavy atom. The summed E-state index contributed by atoms with van der Waals surface area (Å²) in [5, 5.41) is 9.65. The van der Waals surface area contributed by atoms with Crippen LogP contribution in [0.4, 0.5) is 5.95 Å². The third-order valence-electron chi connectivity index (χ3n) is 3.99. The lowest BCUT2D eigenvalue weighted by molar-refractivity contribution is 0.412. The van der Waals surface area contributed by atoms with Crippen molar-refractivity contribution in [3.05, 3.63) is 54.4 Å². The molecule has 1 fully saturated rings. The molecular weight excluding hydrogens is 248 g/mol. The summed E-state index contributed by atoms with van der Waals surface area (Å²) in [6.07, 6.45) is 5.13. The standard InChI is InChI=1S/C16H16N4/c17-13-16(14-5-2-1-3-6-14)7-11-20(12-8-16)15-18-9-4-10-19-15/h1-6,9-10H,7-8,11-12H2. The van der Waals surface area contributed by atoms with E-state index in [1.54, 1.807) is 12.4 Å². The Morgan fingerprint density at radius 1 is 1.00 bits per heavy atom. The van der Waals surface area contributed by atoms with Gasteiger partial charge >= 0.3 is 0 Å². The number of benzene rings is 1. The molecule has 0 atom stereocenters. The van der Waals surface area contributed by atoms with Crippen LogP contribution in [0.3, 0.4) is 0 Å². The van der Waals surface area contributed by atoms with Crippen molar-refractivity contribution in [2.24, 2.45) is 0 Å². The maximum atomic E-state index is 9.65. The van der Waals surface area contributed by atoms with E-state index in [-0.39, 0.29) is 5.41 Å². The number of aromatic nitrogens is 2. The summed E-state index contributed by atoms with van der Waals surface area (Å²) in [6.45, 7) is 1.62. The Labute approximate surface area is 118 Å². The van der Waals surface area contributed by atoms with Crippen LogP contribution in [0.15, 0.2) is 48.8 Å². The molecule has 2 aromatic rings. The fourth-order valence-electron chi connectivity index (χ4n) is 2.77. The molecule has 0 aliphatic carbocycles. The van der Waals surface area contributed by atoms with Gasteiger partial charge in [-0.3, -0.25) is 0 Å². The molecule has 0 spiro atoms. The van der Waals surface area contributed by atoms with Crippen LogP contribution >= 0.6 is 0 Å². The van der Waals surface area contributed by atoms with E-state index in [0.717, 1.165) is 37.4 Å². The van der Waals surface area contributed by atoms with Gasteiger partial charge in [-0.05, 0) is 24.5 Å². The highest BCUT2D eigenvalue weighted by molar-refractivity contribution is 5.38. The molecule has 0 saturated carbocycles. The van der Waals surface area contributed by atoms with Crippen LogP contribution in [0.2, 0.25) is 0 Å². The number of hydrogen-bond acceptors (Lipinski definition) is 4. The van der Waals surface area contributed by atoms with Crippen LogP contribution in [-0.4, -0.2) is 23.1 Å². The predicted molar refractivity (Wildman–Crippen MR) is 77.2 cm³/mol. The van der Waals surface area contributed by atoms with Gasteiger partial charge in [0.2, 0.25) is 5.95 Å². The van der Waals surface area contributed by atoms with Gasteiger partial charge in [-0.1, -0.05) is 30.3 Å². The van der Waals surface area contributed by atoms with Gasteiger partial charge in [0.05, 0.1) is 11.5 Å². The van der Waals surface area contributed by atoms with Crippen molar-refractivity contribution in [2.45, 2.75) is 18.3 Å². The molecule has 3 rings (SSSR count). The molecule has 2 heterocycles. The van der Waals surface area contributed by atoms with Crippen molar-refractivity contribution >= 4 is 5.95 Å². The molecule has 1 aliphatic rings. The Bertz CT molecular complexity index is 595. The zero-order valence-corrected chi connectivity index (χ0v) is 11.2. The van der Waals surface area contributed by atoms with Gasteiger partial charge < -0.3 is 4.90 Å². The second kappa shape index (κ2) is 5.30. The molecule has 0 unspecified atom stereocenters. The van der Waals surface area contributed by atoms with E-state index < -0.39 is 0 Å². The molecule has 1 aliphatic heterocycles. The maximum absolute atomic E-state index is 9.65. The zero-order valence-electron chi connectivity index (χ0n) is 11.2. The third-order valence-corrected chi connectivity index (χ3v) is 3.99. The van der Waals surface area contributed by atoms with Crippen molar-refractivity contribution in [1.82, 2.24) is 9.97 Å².